The molecule has 0 aromatic heterocycles. The minimum Gasteiger partial charge on any atom is -0.491 e. The summed E-state index contributed by atoms with van der Waals surface area (Å²) in [5.41, 5.74) is 0.457. The van der Waals surface area contributed by atoms with E-state index in [2.05, 4.69) is 5.32 Å². The average molecular weight is 283 g/mol. The number of rotatable bonds is 5. The van der Waals surface area contributed by atoms with Crippen LogP contribution in [-0.4, -0.2) is 43.0 Å². The van der Waals surface area contributed by atoms with Crippen LogP contribution < -0.4 is 10.1 Å². The summed E-state index contributed by atoms with van der Waals surface area (Å²) in [6.45, 7) is 3.65. The Balaban J connectivity index is 1.95. The molecule has 0 unspecified atom stereocenters. The molecule has 6 heteroatoms. The molecule has 1 aromatic rings. The fourth-order valence-electron chi connectivity index (χ4n) is 1.89. The Hall–Kier alpha value is -1.75. The maximum absolute atomic E-state index is 11.5. The van der Waals surface area contributed by atoms with E-state index in [-0.39, 0.29) is 11.8 Å². The van der Waals surface area contributed by atoms with E-state index in [1.807, 2.05) is 0 Å². The molecular weight excluding hydrogens is 268 g/mol. The van der Waals surface area contributed by atoms with Crippen molar-refractivity contribution in [1.29, 1.82) is 0 Å². The number of halogens is 1. The second-order valence-electron chi connectivity index (χ2n) is 4.26. The molecule has 2 amide bonds. The van der Waals surface area contributed by atoms with Gasteiger partial charge in [0.15, 0.2) is 5.78 Å². The summed E-state index contributed by atoms with van der Waals surface area (Å²) >= 11 is 5.85. The van der Waals surface area contributed by atoms with Gasteiger partial charge in [-0.25, -0.2) is 4.79 Å². The van der Waals surface area contributed by atoms with Crippen molar-refractivity contribution in [2.45, 2.75) is 6.92 Å². The zero-order chi connectivity index (χ0) is 13.8. The first-order chi connectivity index (χ1) is 9.08. The summed E-state index contributed by atoms with van der Waals surface area (Å²) in [4.78, 5) is 24.5. The summed E-state index contributed by atoms with van der Waals surface area (Å²) in [6, 6.07) is 4.85. The molecule has 5 nitrogen and oxygen atoms in total. The number of hydrogen-bond donors (Lipinski definition) is 1. The lowest BCUT2D eigenvalue weighted by atomic mass is 10.1. The topological polar surface area (TPSA) is 58.6 Å². The van der Waals surface area contributed by atoms with Gasteiger partial charge in [-0.05, 0) is 25.1 Å². The Kier molecular flexibility index (Phi) is 4.27. The summed E-state index contributed by atoms with van der Waals surface area (Å²) in [5.74, 6) is 0.396. The fourth-order valence-corrected chi connectivity index (χ4v) is 2.07. The first kappa shape index (κ1) is 13.7. The number of nitrogens with zero attached hydrogens (tertiary/aromatic N) is 1. The van der Waals surface area contributed by atoms with Crippen molar-refractivity contribution in [3.8, 4) is 5.75 Å². The lowest BCUT2D eigenvalue weighted by molar-refractivity contribution is 0.101. The highest BCUT2D eigenvalue weighted by Gasteiger charge is 2.19. The number of urea groups is 1. The first-order valence-corrected chi connectivity index (χ1v) is 6.42. The molecule has 0 radical (unpaired) electrons. The summed E-state index contributed by atoms with van der Waals surface area (Å²) in [7, 11) is 0. The van der Waals surface area contributed by atoms with Crippen LogP contribution in [0.5, 0.6) is 5.75 Å². The quantitative estimate of drug-likeness (QED) is 0.840. The van der Waals surface area contributed by atoms with E-state index >= 15 is 0 Å². The maximum Gasteiger partial charge on any atom is 0.317 e. The number of amides is 2. The molecule has 1 aromatic carbocycles. The number of carbonyl (C=O) groups is 2. The number of nitrogens with one attached hydrogen (secondary N) is 1. The van der Waals surface area contributed by atoms with Crippen LogP contribution in [0.2, 0.25) is 5.02 Å². The van der Waals surface area contributed by atoms with Crippen LogP contribution in [0.3, 0.4) is 0 Å². The zero-order valence-corrected chi connectivity index (χ0v) is 11.4. The normalized spacial score (nSPS) is 14.4. The largest absolute Gasteiger partial charge is 0.491 e. The Morgan fingerprint density at radius 3 is 2.95 bits per heavy atom. The van der Waals surface area contributed by atoms with Crippen LogP contribution in [0.1, 0.15) is 17.3 Å². The van der Waals surface area contributed by atoms with Crippen LogP contribution in [0.4, 0.5) is 4.79 Å². The molecule has 0 aliphatic carbocycles. The van der Waals surface area contributed by atoms with Gasteiger partial charge in [0.25, 0.3) is 0 Å². The van der Waals surface area contributed by atoms with Crippen molar-refractivity contribution in [2.24, 2.45) is 0 Å². The molecule has 0 bridgehead atoms. The highest BCUT2D eigenvalue weighted by Crippen LogP contribution is 2.23. The number of benzene rings is 1. The van der Waals surface area contributed by atoms with Crippen LogP contribution >= 0.6 is 11.6 Å². The molecule has 102 valence electrons. The van der Waals surface area contributed by atoms with E-state index in [0.29, 0.717) is 42.6 Å². The molecule has 1 aliphatic heterocycles. The van der Waals surface area contributed by atoms with Gasteiger partial charge >= 0.3 is 6.03 Å². The van der Waals surface area contributed by atoms with Gasteiger partial charge < -0.3 is 15.0 Å². The Bertz CT molecular complexity index is 505. The molecule has 2 rings (SSSR count). The maximum atomic E-state index is 11.5. The van der Waals surface area contributed by atoms with Crippen LogP contribution in [0.15, 0.2) is 18.2 Å². The fraction of sp³-hybridized carbons (Fsp3) is 0.385. The van der Waals surface area contributed by atoms with Gasteiger partial charge in [-0.2, -0.15) is 0 Å². The van der Waals surface area contributed by atoms with E-state index in [0.717, 1.165) is 0 Å². The first-order valence-electron chi connectivity index (χ1n) is 6.04. The van der Waals surface area contributed by atoms with Crippen LogP contribution in [0.25, 0.3) is 0 Å². The van der Waals surface area contributed by atoms with Gasteiger partial charge in [0, 0.05) is 18.1 Å². The molecular formula is C13H15ClN2O3. The van der Waals surface area contributed by atoms with Gasteiger partial charge in [0.2, 0.25) is 0 Å². The SMILES string of the molecule is CC(=O)c1cc(Cl)ccc1OCCN1CCNC1=O. The lowest BCUT2D eigenvalue weighted by Crippen LogP contribution is -2.31. The molecule has 1 heterocycles. The van der Waals surface area contributed by atoms with E-state index in [1.54, 1.807) is 23.1 Å². The molecule has 1 fully saturated rings. The molecule has 0 saturated carbocycles. The van der Waals surface area contributed by atoms with E-state index < -0.39 is 0 Å². The van der Waals surface area contributed by atoms with Crippen molar-refractivity contribution < 1.29 is 14.3 Å². The number of carbonyl (C=O) groups excluding carboxylic acids is 2. The van der Waals surface area contributed by atoms with E-state index in [1.165, 1.54) is 6.92 Å². The van der Waals surface area contributed by atoms with Gasteiger partial charge in [0.1, 0.15) is 12.4 Å². The molecule has 1 saturated heterocycles. The summed E-state index contributed by atoms with van der Waals surface area (Å²) in [6.07, 6.45) is 0. The third kappa shape index (κ3) is 3.38. The Morgan fingerprint density at radius 1 is 1.53 bits per heavy atom. The van der Waals surface area contributed by atoms with Crippen molar-refractivity contribution in [1.82, 2.24) is 10.2 Å². The Labute approximate surface area is 116 Å². The standard InChI is InChI=1S/C13H15ClN2O3/c1-9(17)11-8-10(14)2-3-12(11)19-7-6-16-5-4-15-13(16)18/h2-3,8H,4-7H2,1H3,(H,15,18). The van der Waals surface area contributed by atoms with Crippen molar-refractivity contribution in [3.05, 3.63) is 28.8 Å². The molecule has 0 atom stereocenters. The van der Waals surface area contributed by atoms with Gasteiger partial charge in [0.05, 0.1) is 12.1 Å². The molecule has 19 heavy (non-hydrogen) atoms. The predicted molar refractivity (Wildman–Crippen MR) is 71.9 cm³/mol. The van der Waals surface area contributed by atoms with E-state index in [9.17, 15) is 9.59 Å². The third-order valence-electron chi connectivity index (χ3n) is 2.88. The second kappa shape index (κ2) is 5.93. The summed E-state index contributed by atoms with van der Waals surface area (Å²) in [5, 5.41) is 3.21. The second-order valence-corrected chi connectivity index (χ2v) is 4.70. The van der Waals surface area contributed by atoms with E-state index in [4.69, 9.17) is 16.3 Å². The monoisotopic (exact) mass is 282 g/mol. The van der Waals surface area contributed by atoms with Gasteiger partial charge in [-0.3, -0.25) is 4.79 Å². The summed E-state index contributed by atoms with van der Waals surface area (Å²) < 4.78 is 5.56. The van der Waals surface area contributed by atoms with Gasteiger partial charge in [-0.1, -0.05) is 11.6 Å². The zero-order valence-electron chi connectivity index (χ0n) is 10.6. The van der Waals surface area contributed by atoms with Crippen LogP contribution in [-0.2, 0) is 0 Å². The minimum absolute atomic E-state index is 0.0773. The van der Waals surface area contributed by atoms with Crippen LogP contribution in [0, 0.1) is 0 Å². The number of hydrogen-bond acceptors (Lipinski definition) is 3. The molecule has 1 aliphatic rings. The van der Waals surface area contributed by atoms with Crippen molar-refractivity contribution in [3.63, 3.8) is 0 Å². The predicted octanol–water partition coefficient (Wildman–Crippen LogP) is 1.95. The lowest BCUT2D eigenvalue weighted by Gasteiger charge is -2.15. The van der Waals surface area contributed by atoms with Crippen molar-refractivity contribution >= 4 is 23.4 Å². The van der Waals surface area contributed by atoms with Crippen molar-refractivity contribution in [2.75, 3.05) is 26.2 Å². The smallest absolute Gasteiger partial charge is 0.317 e. The third-order valence-corrected chi connectivity index (χ3v) is 3.12. The number of ether oxygens (including phenoxy) is 1. The number of ketones is 1. The average Bonchev–Trinajstić information content (AvgIpc) is 2.77. The molecule has 0 spiro atoms. The Morgan fingerprint density at radius 2 is 2.32 bits per heavy atom. The van der Waals surface area contributed by atoms with Gasteiger partial charge in [-0.15, -0.1) is 0 Å². The highest BCUT2D eigenvalue weighted by molar-refractivity contribution is 6.31. The highest BCUT2D eigenvalue weighted by atomic mass is 35.5. The minimum atomic E-state index is -0.101. The molecule has 1 N–H and O–H groups in total. The number of Topliss-reactive ketones (excluding diaryl/α,β-unsaturated/α-hetero) is 1.